The van der Waals surface area contributed by atoms with Gasteiger partial charge >= 0.3 is 0 Å². The Morgan fingerprint density at radius 1 is 0.750 bits per heavy atom. The van der Waals surface area contributed by atoms with Gasteiger partial charge in [-0.2, -0.15) is 0 Å². The minimum atomic E-state index is -0.358. The van der Waals surface area contributed by atoms with Gasteiger partial charge in [-0.1, -0.05) is 46.3 Å². The second kappa shape index (κ2) is 11.7. The molecule has 0 bridgehead atoms. The van der Waals surface area contributed by atoms with Crippen LogP contribution in [0.1, 0.15) is 20.7 Å². The number of halogens is 1. The Balaban J connectivity index is 1.47. The molecule has 3 amide bonds. The normalized spacial score (nSPS) is 10.2. The molecule has 0 unspecified atom stereocenters. The van der Waals surface area contributed by atoms with E-state index in [0.717, 1.165) is 4.47 Å². The highest BCUT2D eigenvalue weighted by molar-refractivity contribution is 9.10. The summed E-state index contributed by atoms with van der Waals surface area (Å²) in [6.07, 6.45) is 0. The molecule has 8 heteroatoms. The molecule has 3 rings (SSSR count). The van der Waals surface area contributed by atoms with E-state index in [0.29, 0.717) is 22.6 Å². The molecule has 0 saturated heterocycles. The summed E-state index contributed by atoms with van der Waals surface area (Å²) in [6, 6.07) is 22.7. The van der Waals surface area contributed by atoms with Crippen LogP contribution in [0.15, 0.2) is 83.3 Å². The Labute approximate surface area is 194 Å². The van der Waals surface area contributed by atoms with Crippen LogP contribution in [0.4, 0.5) is 5.69 Å². The molecule has 0 fully saturated rings. The third kappa shape index (κ3) is 6.95. The second-order valence-corrected chi connectivity index (χ2v) is 7.63. The number of nitrogens with one attached hydrogen (secondary N) is 3. The molecule has 0 aliphatic rings. The predicted molar refractivity (Wildman–Crippen MR) is 126 cm³/mol. The Hall–Kier alpha value is -3.65. The minimum absolute atomic E-state index is 0.208. The van der Waals surface area contributed by atoms with Crippen LogP contribution in [0.3, 0.4) is 0 Å². The lowest BCUT2D eigenvalue weighted by molar-refractivity contribution is -0.118. The highest BCUT2D eigenvalue weighted by Crippen LogP contribution is 2.18. The molecule has 7 nitrogen and oxygen atoms in total. The Morgan fingerprint density at radius 3 is 2.09 bits per heavy atom. The summed E-state index contributed by atoms with van der Waals surface area (Å²) in [7, 11) is 0. The van der Waals surface area contributed by atoms with E-state index in [2.05, 4.69) is 31.9 Å². The van der Waals surface area contributed by atoms with E-state index in [-0.39, 0.29) is 37.4 Å². The fourth-order valence-electron chi connectivity index (χ4n) is 2.79. The molecule has 0 heterocycles. The molecule has 0 saturated carbocycles. The lowest BCUT2D eigenvalue weighted by Crippen LogP contribution is -2.34. The Morgan fingerprint density at radius 2 is 1.38 bits per heavy atom. The molecule has 0 aromatic heterocycles. The van der Waals surface area contributed by atoms with Crippen molar-refractivity contribution in [1.29, 1.82) is 0 Å². The number of carbonyl (C=O) groups is 3. The molecule has 3 aromatic rings. The van der Waals surface area contributed by atoms with Crippen LogP contribution in [0, 0.1) is 0 Å². The van der Waals surface area contributed by atoms with Crippen LogP contribution in [-0.2, 0) is 4.79 Å². The third-order valence-electron chi connectivity index (χ3n) is 4.35. The monoisotopic (exact) mass is 495 g/mol. The first-order valence-electron chi connectivity index (χ1n) is 9.91. The maximum absolute atomic E-state index is 12.5. The summed E-state index contributed by atoms with van der Waals surface area (Å²) in [5, 5.41) is 8.22. The molecule has 3 aromatic carbocycles. The molecule has 0 aliphatic carbocycles. The van der Waals surface area contributed by atoms with Crippen molar-refractivity contribution in [2.75, 3.05) is 25.0 Å². The van der Waals surface area contributed by atoms with Gasteiger partial charge in [0.25, 0.3) is 17.7 Å². The van der Waals surface area contributed by atoms with Gasteiger partial charge in [-0.25, -0.2) is 0 Å². The van der Waals surface area contributed by atoms with E-state index in [1.165, 1.54) is 0 Å². The Kier molecular flexibility index (Phi) is 8.39. The SMILES string of the molecule is O=C(COc1ccccc1C(=O)NCCNC(=O)c1ccccc1)Nc1ccc(Br)cc1. The van der Waals surface area contributed by atoms with Crippen molar-refractivity contribution in [3.8, 4) is 5.75 Å². The van der Waals surface area contributed by atoms with Crippen LogP contribution in [0.5, 0.6) is 5.75 Å². The van der Waals surface area contributed by atoms with Crippen LogP contribution in [0.25, 0.3) is 0 Å². The number of anilines is 1. The zero-order valence-electron chi connectivity index (χ0n) is 17.1. The highest BCUT2D eigenvalue weighted by atomic mass is 79.9. The first-order valence-corrected chi connectivity index (χ1v) is 10.7. The van der Waals surface area contributed by atoms with Crippen molar-refractivity contribution < 1.29 is 19.1 Å². The molecule has 32 heavy (non-hydrogen) atoms. The maximum Gasteiger partial charge on any atom is 0.262 e. The van der Waals surface area contributed by atoms with Crippen molar-refractivity contribution in [1.82, 2.24) is 10.6 Å². The summed E-state index contributed by atoms with van der Waals surface area (Å²) >= 11 is 3.34. The van der Waals surface area contributed by atoms with E-state index < -0.39 is 0 Å². The number of rotatable bonds is 9. The summed E-state index contributed by atoms with van der Waals surface area (Å²) in [4.78, 5) is 36.7. The molecule has 0 spiro atoms. The van der Waals surface area contributed by atoms with E-state index in [1.807, 2.05) is 18.2 Å². The van der Waals surface area contributed by atoms with Crippen LogP contribution in [-0.4, -0.2) is 37.4 Å². The number of carbonyl (C=O) groups excluding carboxylic acids is 3. The zero-order valence-corrected chi connectivity index (χ0v) is 18.7. The highest BCUT2D eigenvalue weighted by Gasteiger charge is 2.13. The molecule has 0 aliphatic heterocycles. The topological polar surface area (TPSA) is 96.5 Å². The summed E-state index contributed by atoms with van der Waals surface area (Å²) in [5.41, 5.74) is 1.50. The minimum Gasteiger partial charge on any atom is -0.483 e. The van der Waals surface area contributed by atoms with E-state index in [4.69, 9.17) is 4.74 Å². The molecule has 164 valence electrons. The van der Waals surface area contributed by atoms with Gasteiger partial charge in [0.1, 0.15) is 5.75 Å². The van der Waals surface area contributed by atoms with E-state index in [9.17, 15) is 14.4 Å². The van der Waals surface area contributed by atoms with Gasteiger partial charge < -0.3 is 20.7 Å². The molecular formula is C24H22BrN3O4. The quantitative estimate of drug-likeness (QED) is 0.395. The van der Waals surface area contributed by atoms with Crippen molar-refractivity contribution in [3.63, 3.8) is 0 Å². The number of amides is 3. The smallest absolute Gasteiger partial charge is 0.262 e. The van der Waals surface area contributed by atoms with Crippen LogP contribution < -0.4 is 20.7 Å². The second-order valence-electron chi connectivity index (χ2n) is 6.72. The van der Waals surface area contributed by atoms with Crippen LogP contribution >= 0.6 is 15.9 Å². The summed E-state index contributed by atoms with van der Waals surface area (Å²) < 4.78 is 6.48. The van der Waals surface area contributed by atoms with Crippen molar-refractivity contribution in [3.05, 3.63) is 94.5 Å². The van der Waals surface area contributed by atoms with Gasteiger partial charge in [-0.15, -0.1) is 0 Å². The largest absolute Gasteiger partial charge is 0.483 e. The third-order valence-corrected chi connectivity index (χ3v) is 4.88. The number of hydrogen-bond donors (Lipinski definition) is 3. The number of benzene rings is 3. The van der Waals surface area contributed by atoms with Gasteiger partial charge in [0.05, 0.1) is 5.56 Å². The van der Waals surface area contributed by atoms with Crippen LogP contribution in [0.2, 0.25) is 0 Å². The van der Waals surface area contributed by atoms with Gasteiger partial charge in [0.15, 0.2) is 6.61 Å². The average Bonchev–Trinajstić information content (AvgIpc) is 2.82. The molecule has 0 radical (unpaired) electrons. The van der Waals surface area contributed by atoms with Gasteiger partial charge in [0, 0.05) is 28.8 Å². The summed E-state index contributed by atoms with van der Waals surface area (Å²) in [5.74, 6) is -0.612. The molecule has 0 atom stereocenters. The fourth-order valence-corrected chi connectivity index (χ4v) is 3.06. The maximum atomic E-state index is 12.5. The number of para-hydroxylation sites is 1. The van der Waals surface area contributed by atoms with Gasteiger partial charge in [-0.3, -0.25) is 14.4 Å². The van der Waals surface area contributed by atoms with Crippen molar-refractivity contribution in [2.24, 2.45) is 0 Å². The standard InChI is InChI=1S/C24H22BrN3O4/c25-18-10-12-19(13-11-18)28-22(29)16-32-21-9-5-4-8-20(21)24(31)27-15-14-26-23(30)17-6-2-1-3-7-17/h1-13H,14-16H2,(H,26,30)(H,27,31)(H,28,29). The van der Waals surface area contributed by atoms with E-state index in [1.54, 1.807) is 60.7 Å². The molecule has 3 N–H and O–H groups in total. The van der Waals surface area contributed by atoms with E-state index >= 15 is 0 Å². The lowest BCUT2D eigenvalue weighted by atomic mass is 10.2. The first kappa shape index (κ1) is 23.0. The summed E-state index contributed by atoms with van der Waals surface area (Å²) in [6.45, 7) is 0.279. The fraction of sp³-hybridized carbons (Fsp3) is 0.125. The average molecular weight is 496 g/mol. The first-order chi connectivity index (χ1) is 15.5. The number of ether oxygens (including phenoxy) is 1. The van der Waals surface area contributed by atoms with Gasteiger partial charge in [-0.05, 0) is 48.5 Å². The Bertz CT molecular complexity index is 1070. The number of hydrogen-bond acceptors (Lipinski definition) is 4. The zero-order chi connectivity index (χ0) is 22.8. The van der Waals surface area contributed by atoms with Crippen molar-refractivity contribution in [2.45, 2.75) is 0 Å². The van der Waals surface area contributed by atoms with Crippen molar-refractivity contribution >= 4 is 39.3 Å². The predicted octanol–water partition coefficient (Wildman–Crippen LogP) is 3.63. The van der Waals surface area contributed by atoms with Gasteiger partial charge in [0.2, 0.25) is 0 Å². The molecular weight excluding hydrogens is 474 g/mol. The lowest BCUT2D eigenvalue weighted by Gasteiger charge is -2.12.